The molecule has 2 heteroatoms. The van der Waals surface area contributed by atoms with Crippen molar-refractivity contribution >= 4 is 23.3 Å². The van der Waals surface area contributed by atoms with E-state index in [9.17, 15) is 0 Å². The highest BCUT2D eigenvalue weighted by atomic mass is 16.5. The van der Waals surface area contributed by atoms with E-state index >= 15 is 0 Å². The van der Waals surface area contributed by atoms with Gasteiger partial charge in [-0.3, -0.25) is 0 Å². The summed E-state index contributed by atoms with van der Waals surface area (Å²) in [7, 11) is 1.75. The van der Waals surface area contributed by atoms with Crippen LogP contribution < -0.4 is 9.47 Å². The maximum atomic E-state index is 6.80. The van der Waals surface area contributed by atoms with Crippen molar-refractivity contribution in [3.8, 4) is 11.5 Å². The normalized spacial score (nSPS) is 12.5. The van der Waals surface area contributed by atoms with Crippen LogP contribution in [0.3, 0.4) is 0 Å². The highest BCUT2D eigenvalue weighted by Crippen LogP contribution is 2.37. The lowest BCUT2D eigenvalue weighted by Gasteiger charge is -2.20. The number of methoxy groups -OCH3 is 1. The Balaban J connectivity index is 1.69. The molecule has 5 rings (SSSR count). The molecule has 0 saturated carbocycles. The highest BCUT2D eigenvalue weighted by Gasteiger charge is 2.16. The third-order valence-electron chi connectivity index (χ3n) is 8.87. The summed E-state index contributed by atoms with van der Waals surface area (Å²) in [6, 6.07) is 43.0. The summed E-state index contributed by atoms with van der Waals surface area (Å²) < 4.78 is 12.9. The Bertz CT molecular complexity index is 1760. The molecule has 0 aliphatic heterocycles. The van der Waals surface area contributed by atoms with Crippen molar-refractivity contribution in [3.63, 3.8) is 0 Å². The van der Waals surface area contributed by atoms with Gasteiger partial charge in [0, 0.05) is 11.1 Å². The average Bonchev–Trinajstić information content (AvgIpc) is 3.11. The quantitative estimate of drug-likeness (QED) is 0.115. The lowest BCUT2D eigenvalue weighted by molar-refractivity contribution is 0.232. The van der Waals surface area contributed by atoms with Crippen LogP contribution in [0.1, 0.15) is 84.0 Å². The Morgan fingerprint density at radius 1 is 0.596 bits per heavy atom. The minimum Gasteiger partial charge on any atom is -0.496 e. The van der Waals surface area contributed by atoms with Crippen molar-refractivity contribution in [2.24, 2.45) is 5.92 Å². The van der Waals surface area contributed by atoms with Gasteiger partial charge in [-0.1, -0.05) is 153 Å². The minimum absolute atomic E-state index is 0.506. The lowest BCUT2D eigenvalue weighted by atomic mass is 9.93. The number of hydrogen-bond acceptors (Lipinski definition) is 2. The van der Waals surface area contributed by atoms with Gasteiger partial charge in [-0.05, 0) is 83.9 Å². The zero-order valence-electron chi connectivity index (χ0n) is 28.6. The second kappa shape index (κ2) is 16.7. The van der Waals surface area contributed by atoms with Gasteiger partial charge in [0.15, 0.2) is 0 Å². The van der Waals surface area contributed by atoms with Gasteiger partial charge in [-0.15, -0.1) is 0 Å². The van der Waals surface area contributed by atoms with Crippen LogP contribution in [0, 0.1) is 19.8 Å². The third kappa shape index (κ3) is 8.92. The first-order chi connectivity index (χ1) is 23.0. The fraction of sp³-hybridized carbons (Fsp3) is 0.244. The number of hydrogen-bond donors (Lipinski definition) is 0. The molecular formula is C45H48O2. The van der Waals surface area contributed by atoms with Crippen molar-refractivity contribution in [2.75, 3.05) is 13.7 Å². The molecule has 0 bridgehead atoms. The molecule has 0 spiro atoms. The van der Waals surface area contributed by atoms with Crippen LogP contribution in [-0.4, -0.2) is 13.7 Å². The Morgan fingerprint density at radius 2 is 1.04 bits per heavy atom. The fourth-order valence-electron chi connectivity index (χ4n) is 5.90. The van der Waals surface area contributed by atoms with E-state index in [1.54, 1.807) is 7.11 Å². The summed E-state index contributed by atoms with van der Waals surface area (Å²) in [6.45, 7) is 9.46. The van der Waals surface area contributed by atoms with Crippen LogP contribution in [0.5, 0.6) is 11.5 Å². The monoisotopic (exact) mass is 620 g/mol. The molecule has 0 fully saturated rings. The molecule has 47 heavy (non-hydrogen) atoms. The molecule has 2 nitrogen and oxygen atoms in total. The van der Waals surface area contributed by atoms with Crippen molar-refractivity contribution < 1.29 is 9.47 Å². The molecule has 1 unspecified atom stereocenters. The van der Waals surface area contributed by atoms with Crippen LogP contribution in [0.4, 0.5) is 0 Å². The first-order valence-electron chi connectivity index (χ1n) is 17.0. The topological polar surface area (TPSA) is 18.5 Å². The minimum atomic E-state index is 0.506. The third-order valence-corrected chi connectivity index (χ3v) is 8.87. The van der Waals surface area contributed by atoms with Crippen molar-refractivity contribution in [1.82, 2.24) is 0 Å². The van der Waals surface area contributed by atoms with Crippen LogP contribution in [-0.2, 0) is 0 Å². The van der Waals surface area contributed by atoms with Gasteiger partial charge < -0.3 is 9.47 Å². The molecule has 0 radical (unpaired) electrons. The zero-order valence-corrected chi connectivity index (χ0v) is 28.6. The first-order valence-corrected chi connectivity index (χ1v) is 17.0. The van der Waals surface area contributed by atoms with E-state index in [4.69, 9.17) is 9.47 Å². The van der Waals surface area contributed by atoms with Gasteiger partial charge in [-0.2, -0.15) is 0 Å². The standard InChI is InChI=1S/C45H48O2/c1-6-8-15-35(7-2)32-47-45-31-40(28-42(36-16-11-9-12-17-36)38-24-20-33(3)21-25-38)44(46-5)30-41(45)29-43(37-18-13-10-14-19-37)39-26-22-34(4)23-27-39/h9-14,16-31,35H,6-8,15,32H2,1-5H3. The molecule has 0 heterocycles. The van der Waals surface area contributed by atoms with Gasteiger partial charge in [0.1, 0.15) is 11.5 Å². The number of ether oxygens (including phenoxy) is 2. The maximum Gasteiger partial charge on any atom is 0.127 e. The van der Waals surface area contributed by atoms with Crippen LogP contribution in [0.25, 0.3) is 23.3 Å². The predicted octanol–water partition coefficient (Wildman–Crippen LogP) is 12.1. The molecule has 0 aliphatic rings. The van der Waals surface area contributed by atoms with Gasteiger partial charge in [0.2, 0.25) is 0 Å². The van der Waals surface area contributed by atoms with Crippen LogP contribution in [0.15, 0.2) is 121 Å². The Morgan fingerprint density at radius 3 is 1.49 bits per heavy atom. The summed E-state index contributed by atoms with van der Waals surface area (Å²) in [5, 5.41) is 0. The van der Waals surface area contributed by atoms with Crippen molar-refractivity contribution in [1.29, 1.82) is 0 Å². The SMILES string of the molecule is CCCCC(CC)COc1cc(C=C(c2ccccc2)c2ccc(C)cc2)c(OC)cc1C=C(c1ccccc1)c1ccc(C)cc1. The van der Waals surface area contributed by atoms with E-state index in [2.05, 4.69) is 161 Å². The van der Waals surface area contributed by atoms with Crippen molar-refractivity contribution in [3.05, 3.63) is 166 Å². The van der Waals surface area contributed by atoms with Crippen LogP contribution in [0.2, 0.25) is 0 Å². The molecule has 1 atom stereocenters. The zero-order chi connectivity index (χ0) is 33.0. The summed E-state index contributed by atoms with van der Waals surface area (Å²) in [4.78, 5) is 0. The molecular weight excluding hydrogens is 572 g/mol. The molecule has 0 N–H and O–H groups in total. The lowest BCUT2D eigenvalue weighted by Crippen LogP contribution is -2.12. The summed E-state index contributed by atoms with van der Waals surface area (Å²) in [5.41, 5.74) is 11.4. The fourth-order valence-corrected chi connectivity index (χ4v) is 5.90. The Kier molecular flexibility index (Phi) is 11.9. The van der Waals surface area contributed by atoms with E-state index < -0.39 is 0 Å². The van der Waals surface area contributed by atoms with Gasteiger partial charge in [-0.25, -0.2) is 0 Å². The van der Waals surface area contributed by atoms with E-state index in [-0.39, 0.29) is 0 Å². The Hall–Kier alpha value is -4.82. The number of rotatable bonds is 14. The first kappa shape index (κ1) is 33.5. The summed E-state index contributed by atoms with van der Waals surface area (Å²) in [5.74, 6) is 2.17. The molecule has 0 aromatic heterocycles. The highest BCUT2D eigenvalue weighted by molar-refractivity contribution is 5.95. The Labute approximate surface area is 282 Å². The molecule has 0 aliphatic carbocycles. The van der Waals surface area contributed by atoms with Crippen LogP contribution >= 0.6 is 0 Å². The largest absolute Gasteiger partial charge is 0.496 e. The summed E-state index contributed by atoms with van der Waals surface area (Å²) in [6.07, 6.45) is 9.18. The molecule has 240 valence electrons. The second-order valence-corrected chi connectivity index (χ2v) is 12.4. The van der Waals surface area contributed by atoms with Crippen molar-refractivity contribution in [2.45, 2.75) is 53.4 Å². The van der Waals surface area contributed by atoms with Gasteiger partial charge in [0.05, 0.1) is 13.7 Å². The number of aryl methyl sites for hydroxylation is 2. The van der Waals surface area contributed by atoms with E-state index in [1.807, 2.05) is 0 Å². The van der Waals surface area contributed by atoms with E-state index in [1.165, 1.54) is 30.4 Å². The summed E-state index contributed by atoms with van der Waals surface area (Å²) >= 11 is 0. The average molecular weight is 621 g/mol. The van der Waals surface area contributed by atoms with Gasteiger partial charge >= 0.3 is 0 Å². The van der Waals surface area contributed by atoms with E-state index in [0.29, 0.717) is 12.5 Å². The number of benzene rings is 5. The predicted molar refractivity (Wildman–Crippen MR) is 201 cm³/mol. The maximum absolute atomic E-state index is 6.80. The number of unbranched alkanes of at least 4 members (excludes halogenated alkanes) is 1. The molecule has 0 amide bonds. The molecule has 5 aromatic rings. The smallest absolute Gasteiger partial charge is 0.127 e. The molecule has 0 saturated heterocycles. The van der Waals surface area contributed by atoms with E-state index in [0.717, 1.165) is 62.4 Å². The van der Waals surface area contributed by atoms with Gasteiger partial charge in [0.25, 0.3) is 0 Å². The molecule has 5 aromatic carbocycles. The second-order valence-electron chi connectivity index (χ2n) is 12.4.